The van der Waals surface area contributed by atoms with E-state index in [2.05, 4.69) is 5.32 Å². The highest BCUT2D eigenvalue weighted by atomic mass is 35.5. The number of amides is 1. The van der Waals surface area contributed by atoms with Crippen molar-refractivity contribution >= 4 is 29.2 Å². The van der Waals surface area contributed by atoms with Crippen molar-refractivity contribution in [2.75, 3.05) is 5.32 Å². The van der Waals surface area contributed by atoms with Crippen LogP contribution < -0.4 is 10.4 Å². The molecule has 1 aromatic carbocycles. The van der Waals surface area contributed by atoms with Gasteiger partial charge in [-0.05, 0) is 36.5 Å². The van der Waals surface area contributed by atoms with Crippen LogP contribution >= 0.6 is 11.6 Å². The molecule has 5 heteroatoms. The molecule has 0 spiro atoms. The number of carbonyl (C=O) groups is 2. The first-order valence-electron chi connectivity index (χ1n) is 6.52. The van der Waals surface area contributed by atoms with Gasteiger partial charge in [-0.1, -0.05) is 29.8 Å². The maximum Gasteiger partial charge on any atom is 0.228 e. The Hall–Kier alpha value is -1.81. The van der Waals surface area contributed by atoms with Crippen LogP contribution in [-0.4, -0.2) is 11.9 Å². The van der Waals surface area contributed by atoms with Crippen molar-refractivity contribution in [1.82, 2.24) is 0 Å². The minimum atomic E-state index is -1.15. The first-order chi connectivity index (χ1) is 9.56. The Morgan fingerprint density at radius 2 is 1.90 bits per heavy atom. The Labute approximate surface area is 121 Å². The Morgan fingerprint density at radius 3 is 2.55 bits per heavy atom. The number of carboxylic acids is 1. The zero-order chi connectivity index (χ0) is 14.3. The fourth-order valence-corrected chi connectivity index (χ4v) is 3.48. The highest BCUT2D eigenvalue weighted by molar-refractivity contribution is 6.30. The van der Waals surface area contributed by atoms with Gasteiger partial charge in [-0.15, -0.1) is 0 Å². The lowest BCUT2D eigenvalue weighted by Gasteiger charge is -2.27. The van der Waals surface area contributed by atoms with Crippen LogP contribution in [-0.2, 0) is 9.59 Å². The molecule has 1 aromatic rings. The second-order valence-electron chi connectivity index (χ2n) is 5.32. The van der Waals surface area contributed by atoms with Gasteiger partial charge in [0.1, 0.15) is 0 Å². The zero-order valence-electron chi connectivity index (χ0n) is 10.6. The Kier molecular flexibility index (Phi) is 3.26. The van der Waals surface area contributed by atoms with Crippen LogP contribution in [0.1, 0.15) is 6.42 Å². The Bertz CT molecular complexity index is 599. The largest absolute Gasteiger partial charge is 0.550 e. The van der Waals surface area contributed by atoms with Crippen molar-refractivity contribution in [3.05, 3.63) is 41.4 Å². The standard InChI is InChI=1S/C15H14ClNO3/c16-10-2-1-3-11(7-10)17-14(18)12-8-4-5-9(6-8)13(12)15(19)20/h1-5,7-9,12-13H,6H2,(H,17,18)(H,19,20)/p-1/t8-,9-,12+,13+/m0/s1. The molecule has 3 rings (SSSR count). The predicted octanol–water partition coefficient (Wildman–Crippen LogP) is 1.47. The molecule has 4 atom stereocenters. The number of hydrogen-bond acceptors (Lipinski definition) is 3. The lowest BCUT2D eigenvalue weighted by Crippen LogP contribution is -2.42. The lowest BCUT2D eigenvalue weighted by atomic mass is 9.82. The topological polar surface area (TPSA) is 69.2 Å². The highest BCUT2D eigenvalue weighted by Crippen LogP contribution is 2.48. The number of benzene rings is 1. The van der Waals surface area contributed by atoms with Crippen LogP contribution in [0.3, 0.4) is 0 Å². The number of nitrogens with one attached hydrogen (secondary N) is 1. The van der Waals surface area contributed by atoms with Gasteiger partial charge in [0.2, 0.25) is 5.91 Å². The van der Waals surface area contributed by atoms with Crippen molar-refractivity contribution in [3.8, 4) is 0 Å². The van der Waals surface area contributed by atoms with Crippen LogP contribution in [0.4, 0.5) is 5.69 Å². The molecule has 2 aliphatic carbocycles. The Morgan fingerprint density at radius 1 is 1.20 bits per heavy atom. The molecule has 0 saturated heterocycles. The van der Waals surface area contributed by atoms with Crippen LogP contribution in [0, 0.1) is 23.7 Å². The maximum atomic E-state index is 12.4. The third-order valence-corrected chi connectivity index (χ3v) is 4.36. The molecule has 0 aromatic heterocycles. The minimum absolute atomic E-state index is 0.0120. The van der Waals surface area contributed by atoms with Crippen LogP contribution in [0.5, 0.6) is 0 Å². The van der Waals surface area contributed by atoms with Crippen molar-refractivity contribution in [1.29, 1.82) is 0 Å². The molecule has 104 valence electrons. The van der Waals surface area contributed by atoms with E-state index in [-0.39, 0.29) is 17.7 Å². The zero-order valence-corrected chi connectivity index (χ0v) is 11.3. The van der Waals surface area contributed by atoms with E-state index < -0.39 is 17.8 Å². The monoisotopic (exact) mass is 290 g/mol. The van der Waals surface area contributed by atoms with E-state index in [1.165, 1.54) is 0 Å². The van der Waals surface area contributed by atoms with Gasteiger partial charge in [0.25, 0.3) is 0 Å². The summed E-state index contributed by atoms with van der Waals surface area (Å²) in [7, 11) is 0. The molecule has 1 fully saturated rings. The van der Waals surface area contributed by atoms with Gasteiger partial charge in [0, 0.05) is 22.6 Å². The molecule has 0 heterocycles. The SMILES string of the molecule is O=C([O-])[C@H]1[C@H](C(=O)Nc2cccc(Cl)c2)[C@H]2C=C[C@H]1C2. The predicted molar refractivity (Wildman–Crippen MR) is 72.8 cm³/mol. The number of carbonyl (C=O) groups excluding carboxylic acids is 2. The molecule has 20 heavy (non-hydrogen) atoms. The number of carboxylic acid groups (broad SMARTS) is 1. The number of hydrogen-bond donors (Lipinski definition) is 1. The minimum Gasteiger partial charge on any atom is -0.550 e. The van der Waals surface area contributed by atoms with Crippen LogP contribution in [0.2, 0.25) is 5.02 Å². The summed E-state index contributed by atoms with van der Waals surface area (Å²) in [5, 5.41) is 14.5. The van der Waals surface area contributed by atoms with Crippen molar-refractivity contribution in [2.24, 2.45) is 23.7 Å². The molecule has 0 aliphatic heterocycles. The smallest absolute Gasteiger partial charge is 0.228 e. The summed E-state index contributed by atoms with van der Waals surface area (Å²) < 4.78 is 0. The summed E-state index contributed by atoms with van der Waals surface area (Å²) in [6.45, 7) is 0. The Balaban J connectivity index is 1.80. The van der Waals surface area contributed by atoms with E-state index in [1.54, 1.807) is 24.3 Å². The summed E-state index contributed by atoms with van der Waals surface area (Å²) in [6, 6.07) is 6.80. The normalized spacial score (nSPS) is 30.4. The number of rotatable bonds is 3. The van der Waals surface area contributed by atoms with Crippen molar-refractivity contribution in [3.63, 3.8) is 0 Å². The van der Waals surface area contributed by atoms with Crippen molar-refractivity contribution < 1.29 is 14.7 Å². The molecular formula is C15H13ClNO3-. The average Bonchev–Trinajstić information content (AvgIpc) is 2.98. The summed E-state index contributed by atoms with van der Waals surface area (Å²) >= 11 is 5.86. The number of aliphatic carboxylic acids is 1. The third-order valence-electron chi connectivity index (χ3n) is 4.13. The van der Waals surface area contributed by atoms with Crippen LogP contribution in [0.15, 0.2) is 36.4 Å². The van der Waals surface area contributed by atoms with Crippen LogP contribution in [0.25, 0.3) is 0 Å². The summed E-state index contributed by atoms with van der Waals surface area (Å²) in [5.74, 6) is -2.81. The second-order valence-corrected chi connectivity index (χ2v) is 5.75. The molecule has 0 radical (unpaired) electrons. The van der Waals surface area contributed by atoms with Gasteiger partial charge >= 0.3 is 0 Å². The van der Waals surface area contributed by atoms with E-state index >= 15 is 0 Å². The summed E-state index contributed by atoms with van der Waals surface area (Å²) in [4.78, 5) is 23.6. The maximum absolute atomic E-state index is 12.4. The number of halogens is 1. The first-order valence-corrected chi connectivity index (χ1v) is 6.89. The van der Waals surface area contributed by atoms with E-state index in [0.717, 1.165) is 0 Å². The van der Waals surface area contributed by atoms with Gasteiger partial charge in [-0.2, -0.15) is 0 Å². The number of allylic oxidation sites excluding steroid dienone is 2. The number of fused-ring (bicyclic) bond motifs is 2. The first kappa shape index (κ1) is 13.2. The molecule has 1 amide bonds. The highest BCUT2D eigenvalue weighted by Gasteiger charge is 2.48. The fourth-order valence-electron chi connectivity index (χ4n) is 3.29. The summed E-state index contributed by atoms with van der Waals surface area (Å²) in [6.07, 6.45) is 4.53. The van der Waals surface area contributed by atoms with Gasteiger partial charge in [-0.25, -0.2) is 0 Å². The molecule has 4 nitrogen and oxygen atoms in total. The third kappa shape index (κ3) is 2.20. The molecule has 2 aliphatic rings. The summed E-state index contributed by atoms with van der Waals surface area (Å²) in [5.41, 5.74) is 0.575. The second kappa shape index (κ2) is 4.94. The quantitative estimate of drug-likeness (QED) is 0.857. The van der Waals surface area contributed by atoms with Gasteiger partial charge in [0.05, 0.1) is 5.92 Å². The lowest BCUT2D eigenvalue weighted by molar-refractivity contribution is -0.313. The van der Waals surface area contributed by atoms with E-state index in [1.807, 2.05) is 12.2 Å². The molecular weight excluding hydrogens is 278 g/mol. The van der Waals surface area contributed by atoms with Crippen molar-refractivity contribution in [2.45, 2.75) is 6.42 Å². The van der Waals surface area contributed by atoms with E-state index in [0.29, 0.717) is 17.1 Å². The van der Waals surface area contributed by atoms with Gasteiger partial charge < -0.3 is 15.2 Å². The average molecular weight is 291 g/mol. The molecule has 0 unspecified atom stereocenters. The number of anilines is 1. The van der Waals surface area contributed by atoms with E-state index in [9.17, 15) is 14.7 Å². The molecule has 1 saturated carbocycles. The molecule has 2 bridgehead atoms. The molecule has 1 N–H and O–H groups in total. The van der Waals surface area contributed by atoms with E-state index in [4.69, 9.17) is 11.6 Å². The fraction of sp³-hybridized carbons (Fsp3) is 0.333. The van der Waals surface area contributed by atoms with Gasteiger partial charge in [0.15, 0.2) is 0 Å². The van der Waals surface area contributed by atoms with Gasteiger partial charge in [-0.3, -0.25) is 4.79 Å².